The minimum atomic E-state index is 0.849. The van der Waals surface area contributed by atoms with Gasteiger partial charge in [0.1, 0.15) is 0 Å². The molecule has 0 bridgehead atoms. The normalized spacial score (nSPS) is 23.1. The van der Waals surface area contributed by atoms with Crippen LogP contribution in [0.4, 0.5) is 0 Å². The molecule has 1 aliphatic heterocycles. The molecule has 1 heterocycles. The summed E-state index contributed by atoms with van der Waals surface area (Å²) in [5, 5.41) is 0. The van der Waals surface area contributed by atoms with Crippen LogP contribution in [0.25, 0.3) is 0 Å². The maximum atomic E-state index is 3.18. The van der Waals surface area contributed by atoms with Crippen LogP contribution in [0.15, 0.2) is 0 Å². The summed E-state index contributed by atoms with van der Waals surface area (Å²) >= 11 is 0. The van der Waals surface area contributed by atoms with E-state index >= 15 is 0 Å². The topological polar surface area (TPSA) is 24.1 Å². The lowest BCUT2D eigenvalue weighted by Gasteiger charge is -2.16. The van der Waals surface area contributed by atoms with Gasteiger partial charge >= 0.3 is 0 Å². The van der Waals surface area contributed by atoms with Gasteiger partial charge in [-0.15, -0.1) is 0 Å². The quantitative estimate of drug-likeness (QED) is 0.574. The predicted octanol–water partition coefficient (Wildman–Crippen LogP) is 1.15. The third kappa shape index (κ3) is 2.27. The number of hydrazine groups is 1. The molecule has 1 fully saturated rings. The lowest BCUT2D eigenvalue weighted by atomic mass is 9.90. The van der Waals surface area contributed by atoms with Gasteiger partial charge in [-0.05, 0) is 24.7 Å². The zero-order valence-corrected chi connectivity index (χ0v) is 6.98. The van der Waals surface area contributed by atoms with Gasteiger partial charge in [-0.25, -0.2) is 0 Å². The molecular weight excluding hydrogens is 124 g/mol. The van der Waals surface area contributed by atoms with Crippen LogP contribution < -0.4 is 10.9 Å². The molecule has 1 aliphatic rings. The second kappa shape index (κ2) is 3.94. The molecule has 0 aromatic rings. The number of rotatable bonds is 1. The highest BCUT2D eigenvalue weighted by molar-refractivity contribution is 4.67. The van der Waals surface area contributed by atoms with Gasteiger partial charge in [-0.2, -0.15) is 0 Å². The lowest BCUT2D eigenvalue weighted by Crippen LogP contribution is -2.30. The highest BCUT2D eigenvalue weighted by atomic mass is 15.3. The molecule has 2 heteroatoms. The second-order valence-corrected chi connectivity index (χ2v) is 3.44. The summed E-state index contributed by atoms with van der Waals surface area (Å²) in [6.45, 7) is 6.89. The lowest BCUT2D eigenvalue weighted by molar-refractivity contribution is 0.356. The molecule has 0 aliphatic carbocycles. The standard InChI is InChI=1S/C8H18N2/c1-7(2)8-3-5-9-10-6-4-8/h7-10H,3-6H2,1-2H3. The summed E-state index contributed by atoms with van der Waals surface area (Å²) < 4.78 is 0. The van der Waals surface area contributed by atoms with E-state index in [2.05, 4.69) is 24.7 Å². The minimum Gasteiger partial charge on any atom is -0.258 e. The van der Waals surface area contributed by atoms with Crippen LogP contribution in [0.2, 0.25) is 0 Å². The maximum absolute atomic E-state index is 3.18. The summed E-state index contributed by atoms with van der Waals surface area (Å²) in [6.07, 6.45) is 2.65. The first-order valence-electron chi connectivity index (χ1n) is 4.26. The van der Waals surface area contributed by atoms with Crippen molar-refractivity contribution in [2.75, 3.05) is 13.1 Å². The van der Waals surface area contributed by atoms with Crippen molar-refractivity contribution in [3.05, 3.63) is 0 Å². The molecule has 0 saturated carbocycles. The molecule has 1 rings (SSSR count). The van der Waals surface area contributed by atoms with Gasteiger partial charge in [0.25, 0.3) is 0 Å². The van der Waals surface area contributed by atoms with Gasteiger partial charge in [0.2, 0.25) is 0 Å². The van der Waals surface area contributed by atoms with E-state index < -0.39 is 0 Å². The molecule has 0 radical (unpaired) electrons. The van der Waals surface area contributed by atoms with Crippen molar-refractivity contribution < 1.29 is 0 Å². The van der Waals surface area contributed by atoms with Gasteiger partial charge < -0.3 is 0 Å². The van der Waals surface area contributed by atoms with E-state index in [1.807, 2.05) is 0 Å². The van der Waals surface area contributed by atoms with Crippen LogP contribution in [0.1, 0.15) is 26.7 Å². The van der Waals surface area contributed by atoms with Gasteiger partial charge in [0.05, 0.1) is 0 Å². The summed E-state index contributed by atoms with van der Waals surface area (Å²) in [6, 6.07) is 0. The van der Waals surface area contributed by atoms with E-state index in [4.69, 9.17) is 0 Å². The van der Waals surface area contributed by atoms with E-state index in [9.17, 15) is 0 Å². The van der Waals surface area contributed by atoms with Crippen molar-refractivity contribution in [2.24, 2.45) is 11.8 Å². The Labute approximate surface area is 63.4 Å². The van der Waals surface area contributed by atoms with E-state index in [0.717, 1.165) is 24.9 Å². The van der Waals surface area contributed by atoms with Crippen molar-refractivity contribution in [1.82, 2.24) is 10.9 Å². The molecular formula is C8H18N2. The zero-order valence-electron chi connectivity index (χ0n) is 6.98. The largest absolute Gasteiger partial charge is 0.258 e. The van der Waals surface area contributed by atoms with Crippen molar-refractivity contribution in [2.45, 2.75) is 26.7 Å². The van der Waals surface area contributed by atoms with Crippen LogP contribution in [0.3, 0.4) is 0 Å². The molecule has 10 heavy (non-hydrogen) atoms. The third-order valence-electron chi connectivity index (χ3n) is 2.35. The molecule has 2 nitrogen and oxygen atoms in total. The summed E-state index contributed by atoms with van der Waals surface area (Å²) in [7, 11) is 0. The Morgan fingerprint density at radius 3 is 2.00 bits per heavy atom. The van der Waals surface area contributed by atoms with Gasteiger partial charge in [-0.1, -0.05) is 13.8 Å². The first kappa shape index (κ1) is 8.02. The third-order valence-corrected chi connectivity index (χ3v) is 2.35. The van der Waals surface area contributed by atoms with Crippen LogP contribution in [-0.4, -0.2) is 13.1 Å². The summed E-state index contributed by atoms with van der Waals surface area (Å²) in [5.74, 6) is 1.77. The number of nitrogens with one attached hydrogen (secondary N) is 2. The first-order chi connectivity index (χ1) is 4.80. The smallest absolute Gasteiger partial charge is 0.0102 e. The predicted molar refractivity (Wildman–Crippen MR) is 43.6 cm³/mol. The van der Waals surface area contributed by atoms with Crippen molar-refractivity contribution in [3.8, 4) is 0 Å². The van der Waals surface area contributed by atoms with Crippen molar-refractivity contribution >= 4 is 0 Å². The minimum absolute atomic E-state index is 0.849. The molecule has 60 valence electrons. The Morgan fingerprint density at radius 1 is 1.10 bits per heavy atom. The Kier molecular flexibility index (Phi) is 3.16. The summed E-state index contributed by atoms with van der Waals surface area (Å²) in [5.41, 5.74) is 6.36. The molecule has 0 amide bonds. The molecule has 0 atom stereocenters. The SMILES string of the molecule is CC(C)C1CCNNCC1. The van der Waals surface area contributed by atoms with Crippen molar-refractivity contribution in [3.63, 3.8) is 0 Å². The fraction of sp³-hybridized carbons (Fsp3) is 1.00. The molecule has 0 aromatic carbocycles. The second-order valence-electron chi connectivity index (χ2n) is 3.44. The highest BCUT2D eigenvalue weighted by Gasteiger charge is 2.14. The van der Waals surface area contributed by atoms with Crippen molar-refractivity contribution in [1.29, 1.82) is 0 Å². The fourth-order valence-electron chi connectivity index (χ4n) is 1.50. The highest BCUT2D eigenvalue weighted by Crippen LogP contribution is 2.18. The summed E-state index contributed by atoms with van der Waals surface area (Å²) in [4.78, 5) is 0. The molecule has 0 aromatic heterocycles. The average molecular weight is 142 g/mol. The van der Waals surface area contributed by atoms with E-state index in [1.165, 1.54) is 12.8 Å². The van der Waals surface area contributed by atoms with Crippen LogP contribution >= 0.6 is 0 Å². The van der Waals surface area contributed by atoms with E-state index in [1.54, 1.807) is 0 Å². The van der Waals surface area contributed by atoms with Crippen LogP contribution in [0.5, 0.6) is 0 Å². The Morgan fingerprint density at radius 2 is 1.60 bits per heavy atom. The van der Waals surface area contributed by atoms with E-state index in [-0.39, 0.29) is 0 Å². The number of hydrogen-bond donors (Lipinski definition) is 2. The molecule has 0 unspecified atom stereocenters. The molecule has 0 spiro atoms. The Bertz CT molecular complexity index is 83.3. The maximum Gasteiger partial charge on any atom is 0.0102 e. The first-order valence-corrected chi connectivity index (χ1v) is 4.26. The van der Waals surface area contributed by atoms with Crippen LogP contribution in [0, 0.1) is 11.8 Å². The fourth-order valence-corrected chi connectivity index (χ4v) is 1.50. The van der Waals surface area contributed by atoms with E-state index in [0.29, 0.717) is 0 Å². The van der Waals surface area contributed by atoms with Crippen LogP contribution in [-0.2, 0) is 0 Å². The average Bonchev–Trinajstić information content (AvgIpc) is 2.12. The zero-order chi connectivity index (χ0) is 7.40. The molecule has 2 N–H and O–H groups in total. The number of hydrogen-bond acceptors (Lipinski definition) is 2. The van der Waals surface area contributed by atoms with Gasteiger partial charge in [-0.3, -0.25) is 10.9 Å². The monoisotopic (exact) mass is 142 g/mol. The Hall–Kier alpha value is -0.0800. The molecule has 1 saturated heterocycles. The van der Waals surface area contributed by atoms with Gasteiger partial charge in [0.15, 0.2) is 0 Å². The van der Waals surface area contributed by atoms with Gasteiger partial charge in [0, 0.05) is 13.1 Å². The Balaban J connectivity index is 2.28.